The van der Waals surface area contributed by atoms with Crippen molar-refractivity contribution >= 4 is 5.82 Å². The molecular weight excluding hydrogens is 186 g/mol. The molecule has 0 fully saturated rings. The van der Waals surface area contributed by atoms with E-state index in [2.05, 4.69) is 29.2 Å². The Hall–Kier alpha value is -1.53. The van der Waals surface area contributed by atoms with Crippen molar-refractivity contribution in [3.63, 3.8) is 0 Å². The number of nitrogens with zero attached hydrogens (tertiary/aromatic N) is 2. The van der Waals surface area contributed by atoms with Crippen LogP contribution in [0.5, 0.6) is 0 Å². The van der Waals surface area contributed by atoms with Crippen LogP contribution in [-0.2, 0) is 6.54 Å². The second kappa shape index (κ2) is 6.05. The van der Waals surface area contributed by atoms with E-state index in [0.29, 0.717) is 6.54 Å². The van der Waals surface area contributed by atoms with Gasteiger partial charge >= 0.3 is 0 Å². The molecule has 3 heteroatoms. The zero-order chi connectivity index (χ0) is 11.1. The standard InChI is InChI=1S/C12H17N3/c1-4-8-15(3)12-7-6-11(10-14-12)9-13-5-2/h1,6-7,10,13H,5,8-9H2,2-3H3. The van der Waals surface area contributed by atoms with E-state index in [1.807, 2.05) is 24.2 Å². The Labute approximate surface area is 91.5 Å². The summed E-state index contributed by atoms with van der Waals surface area (Å²) in [6.45, 7) is 4.50. The maximum atomic E-state index is 5.23. The van der Waals surface area contributed by atoms with Crippen LogP contribution in [0, 0.1) is 12.3 Å². The van der Waals surface area contributed by atoms with E-state index in [0.717, 1.165) is 18.9 Å². The number of aromatic nitrogens is 1. The van der Waals surface area contributed by atoms with Crippen LogP contribution in [0.15, 0.2) is 18.3 Å². The Morgan fingerprint density at radius 2 is 2.33 bits per heavy atom. The van der Waals surface area contributed by atoms with Crippen LogP contribution in [0.3, 0.4) is 0 Å². The van der Waals surface area contributed by atoms with Crippen LogP contribution in [0.1, 0.15) is 12.5 Å². The fraction of sp³-hybridized carbons (Fsp3) is 0.417. The third kappa shape index (κ3) is 3.61. The molecule has 1 rings (SSSR count). The average molecular weight is 203 g/mol. The molecule has 0 spiro atoms. The maximum absolute atomic E-state index is 5.23. The maximum Gasteiger partial charge on any atom is 0.129 e. The Bertz CT molecular complexity index is 324. The summed E-state index contributed by atoms with van der Waals surface area (Å²) in [4.78, 5) is 6.28. The molecule has 0 unspecified atom stereocenters. The van der Waals surface area contributed by atoms with E-state index in [-0.39, 0.29) is 0 Å². The number of nitrogens with one attached hydrogen (secondary N) is 1. The molecule has 1 aromatic heterocycles. The Morgan fingerprint density at radius 3 is 2.87 bits per heavy atom. The smallest absolute Gasteiger partial charge is 0.129 e. The summed E-state index contributed by atoms with van der Waals surface area (Å²) < 4.78 is 0. The highest BCUT2D eigenvalue weighted by Gasteiger charge is 1.99. The molecule has 1 aromatic rings. The van der Waals surface area contributed by atoms with Gasteiger partial charge in [-0.2, -0.15) is 0 Å². The van der Waals surface area contributed by atoms with Gasteiger partial charge in [-0.3, -0.25) is 0 Å². The van der Waals surface area contributed by atoms with Gasteiger partial charge < -0.3 is 10.2 Å². The van der Waals surface area contributed by atoms with Gasteiger partial charge in [-0.05, 0) is 18.2 Å². The minimum absolute atomic E-state index is 0.583. The summed E-state index contributed by atoms with van der Waals surface area (Å²) in [6.07, 6.45) is 7.11. The number of hydrogen-bond donors (Lipinski definition) is 1. The Balaban J connectivity index is 2.60. The first-order valence-electron chi connectivity index (χ1n) is 5.08. The highest BCUT2D eigenvalue weighted by atomic mass is 15.1. The molecule has 1 N–H and O–H groups in total. The van der Waals surface area contributed by atoms with Gasteiger partial charge in [0, 0.05) is 19.8 Å². The third-order valence-corrected chi connectivity index (χ3v) is 2.11. The molecule has 0 atom stereocenters. The predicted molar refractivity (Wildman–Crippen MR) is 63.7 cm³/mol. The fourth-order valence-corrected chi connectivity index (χ4v) is 1.23. The molecule has 0 saturated heterocycles. The van der Waals surface area contributed by atoms with Crippen molar-refractivity contribution < 1.29 is 0 Å². The summed E-state index contributed by atoms with van der Waals surface area (Å²) in [7, 11) is 1.94. The van der Waals surface area contributed by atoms with Gasteiger partial charge in [0.15, 0.2) is 0 Å². The first-order valence-corrected chi connectivity index (χ1v) is 5.08. The molecule has 0 amide bonds. The van der Waals surface area contributed by atoms with Crippen molar-refractivity contribution in [1.29, 1.82) is 0 Å². The molecule has 0 aliphatic carbocycles. The average Bonchev–Trinajstić information content (AvgIpc) is 2.27. The third-order valence-electron chi connectivity index (χ3n) is 2.11. The normalized spacial score (nSPS) is 9.67. The lowest BCUT2D eigenvalue weighted by Gasteiger charge is -2.14. The monoisotopic (exact) mass is 203 g/mol. The second-order valence-corrected chi connectivity index (χ2v) is 3.37. The van der Waals surface area contributed by atoms with E-state index in [1.54, 1.807) is 0 Å². The highest BCUT2D eigenvalue weighted by Crippen LogP contribution is 2.08. The summed E-state index contributed by atoms with van der Waals surface area (Å²) in [5.41, 5.74) is 1.19. The van der Waals surface area contributed by atoms with Crippen LogP contribution in [-0.4, -0.2) is 25.1 Å². The molecule has 3 nitrogen and oxygen atoms in total. The van der Waals surface area contributed by atoms with Gasteiger partial charge in [-0.15, -0.1) is 6.42 Å². The van der Waals surface area contributed by atoms with Crippen LogP contribution < -0.4 is 10.2 Å². The number of anilines is 1. The van der Waals surface area contributed by atoms with E-state index in [4.69, 9.17) is 6.42 Å². The number of rotatable bonds is 5. The van der Waals surface area contributed by atoms with E-state index < -0.39 is 0 Å². The largest absolute Gasteiger partial charge is 0.349 e. The molecule has 0 aromatic carbocycles. The van der Waals surface area contributed by atoms with Crippen LogP contribution in [0.4, 0.5) is 5.82 Å². The van der Waals surface area contributed by atoms with E-state index in [1.165, 1.54) is 5.56 Å². The van der Waals surface area contributed by atoms with Crippen molar-refractivity contribution in [3.8, 4) is 12.3 Å². The van der Waals surface area contributed by atoms with Crippen molar-refractivity contribution in [2.45, 2.75) is 13.5 Å². The number of pyridine rings is 1. The minimum atomic E-state index is 0.583. The summed E-state index contributed by atoms with van der Waals surface area (Å²) in [5, 5.41) is 3.25. The van der Waals surface area contributed by atoms with Gasteiger partial charge in [0.25, 0.3) is 0 Å². The lowest BCUT2D eigenvalue weighted by Crippen LogP contribution is -2.18. The predicted octanol–water partition coefficient (Wildman–Crippen LogP) is 1.26. The summed E-state index contributed by atoms with van der Waals surface area (Å²) >= 11 is 0. The van der Waals surface area contributed by atoms with E-state index >= 15 is 0 Å². The molecular formula is C12H17N3. The number of terminal acetylenes is 1. The molecule has 0 saturated carbocycles. The van der Waals surface area contributed by atoms with Gasteiger partial charge in [-0.25, -0.2) is 4.98 Å². The van der Waals surface area contributed by atoms with Crippen molar-refractivity contribution in [2.24, 2.45) is 0 Å². The van der Waals surface area contributed by atoms with Gasteiger partial charge in [0.1, 0.15) is 5.82 Å². The second-order valence-electron chi connectivity index (χ2n) is 3.37. The topological polar surface area (TPSA) is 28.2 Å². The lowest BCUT2D eigenvalue weighted by atomic mass is 10.3. The summed E-state index contributed by atoms with van der Waals surface area (Å²) in [5.74, 6) is 3.50. The van der Waals surface area contributed by atoms with Crippen LogP contribution in [0.2, 0.25) is 0 Å². The van der Waals surface area contributed by atoms with Crippen molar-refractivity contribution in [1.82, 2.24) is 10.3 Å². The van der Waals surface area contributed by atoms with Crippen molar-refractivity contribution in [3.05, 3.63) is 23.9 Å². The zero-order valence-corrected chi connectivity index (χ0v) is 9.33. The quantitative estimate of drug-likeness (QED) is 0.730. The molecule has 0 radical (unpaired) electrons. The molecule has 15 heavy (non-hydrogen) atoms. The molecule has 0 aliphatic rings. The minimum Gasteiger partial charge on any atom is -0.349 e. The highest BCUT2D eigenvalue weighted by molar-refractivity contribution is 5.39. The number of hydrogen-bond acceptors (Lipinski definition) is 3. The Morgan fingerprint density at radius 1 is 1.53 bits per heavy atom. The first kappa shape index (κ1) is 11.5. The zero-order valence-electron chi connectivity index (χ0n) is 9.33. The SMILES string of the molecule is C#CCN(C)c1ccc(CNCC)cn1. The lowest BCUT2D eigenvalue weighted by molar-refractivity contribution is 0.724. The molecule has 0 aliphatic heterocycles. The molecule has 0 bridgehead atoms. The fourth-order valence-electron chi connectivity index (χ4n) is 1.23. The van der Waals surface area contributed by atoms with Gasteiger partial charge in [-0.1, -0.05) is 18.9 Å². The first-order chi connectivity index (χ1) is 7.27. The summed E-state index contributed by atoms with van der Waals surface area (Å²) in [6, 6.07) is 4.06. The molecule has 80 valence electrons. The van der Waals surface area contributed by atoms with Gasteiger partial charge in [0.05, 0.1) is 6.54 Å². The van der Waals surface area contributed by atoms with Gasteiger partial charge in [0.2, 0.25) is 0 Å². The van der Waals surface area contributed by atoms with E-state index in [9.17, 15) is 0 Å². The van der Waals surface area contributed by atoms with Crippen LogP contribution >= 0.6 is 0 Å². The van der Waals surface area contributed by atoms with Crippen LogP contribution in [0.25, 0.3) is 0 Å². The molecule has 1 heterocycles. The van der Waals surface area contributed by atoms with Crippen molar-refractivity contribution in [2.75, 3.05) is 25.0 Å². The Kier molecular flexibility index (Phi) is 4.65.